The van der Waals surface area contributed by atoms with E-state index in [0.29, 0.717) is 12.3 Å². The Morgan fingerprint density at radius 1 is 0.967 bits per heavy atom. The molecule has 5 heteroatoms. The van der Waals surface area contributed by atoms with Crippen molar-refractivity contribution in [3.8, 4) is 11.1 Å². The molecule has 5 nitrogen and oxygen atoms in total. The zero-order valence-electron chi connectivity index (χ0n) is 17.2. The van der Waals surface area contributed by atoms with Crippen molar-refractivity contribution < 1.29 is 19.4 Å². The van der Waals surface area contributed by atoms with Crippen molar-refractivity contribution in [1.29, 1.82) is 0 Å². The summed E-state index contributed by atoms with van der Waals surface area (Å²) in [5.41, 5.74) is 4.68. The predicted octanol–water partition coefficient (Wildman–Crippen LogP) is 5.20. The van der Waals surface area contributed by atoms with E-state index in [9.17, 15) is 14.7 Å². The van der Waals surface area contributed by atoms with Crippen LogP contribution in [0.1, 0.15) is 55.6 Å². The Morgan fingerprint density at radius 3 is 2.17 bits per heavy atom. The number of ether oxygens (including phenoxy) is 1. The molecule has 2 N–H and O–H groups in total. The maximum Gasteiger partial charge on any atom is 0.407 e. The topological polar surface area (TPSA) is 75.6 Å². The average Bonchev–Trinajstić information content (AvgIpc) is 3.09. The molecule has 2 aliphatic rings. The first kappa shape index (κ1) is 20.5. The Morgan fingerprint density at radius 2 is 1.57 bits per heavy atom. The maximum absolute atomic E-state index is 12.3. The molecule has 1 amide bonds. The molecule has 0 aliphatic heterocycles. The van der Waals surface area contributed by atoms with Gasteiger partial charge < -0.3 is 15.2 Å². The highest BCUT2D eigenvalue weighted by Gasteiger charge is 2.29. The predicted molar refractivity (Wildman–Crippen MR) is 115 cm³/mol. The lowest BCUT2D eigenvalue weighted by Gasteiger charge is -2.24. The third kappa shape index (κ3) is 4.50. The molecule has 0 spiro atoms. The Hall–Kier alpha value is -2.82. The second kappa shape index (κ2) is 9.33. The number of aliphatic carboxylic acids is 1. The first-order valence-electron chi connectivity index (χ1n) is 10.9. The molecule has 0 aromatic heterocycles. The summed E-state index contributed by atoms with van der Waals surface area (Å²) in [4.78, 5) is 24.0. The Balaban J connectivity index is 1.33. The zero-order chi connectivity index (χ0) is 20.9. The van der Waals surface area contributed by atoms with Gasteiger partial charge in [0.25, 0.3) is 0 Å². The summed E-state index contributed by atoms with van der Waals surface area (Å²) in [7, 11) is 0. The highest BCUT2D eigenvalue weighted by atomic mass is 16.5. The van der Waals surface area contributed by atoms with Crippen LogP contribution >= 0.6 is 0 Å². The minimum absolute atomic E-state index is 0.000611. The fourth-order valence-corrected chi connectivity index (χ4v) is 4.95. The summed E-state index contributed by atoms with van der Waals surface area (Å²) in [6.45, 7) is 0.350. The van der Waals surface area contributed by atoms with Gasteiger partial charge in [-0.25, -0.2) is 4.79 Å². The first-order valence-corrected chi connectivity index (χ1v) is 10.9. The normalized spacial score (nSPS) is 17.1. The molecule has 2 aliphatic carbocycles. The zero-order valence-corrected chi connectivity index (χ0v) is 17.2. The third-order valence-corrected chi connectivity index (χ3v) is 6.53. The molecule has 0 heterocycles. The number of hydrogen-bond acceptors (Lipinski definition) is 3. The second-order valence-electron chi connectivity index (χ2n) is 8.48. The molecule has 0 bridgehead atoms. The number of rotatable bonds is 7. The van der Waals surface area contributed by atoms with Gasteiger partial charge in [-0.1, -0.05) is 80.6 Å². The molecule has 30 heavy (non-hydrogen) atoms. The van der Waals surface area contributed by atoms with E-state index in [-0.39, 0.29) is 19.1 Å². The van der Waals surface area contributed by atoms with E-state index in [0.717, 1.165) is 24.0 Å². The monoisotopic (exact) mass is 407 g/mol. The fourth-order valence-electron chi connectivity index (χ4n) is 4.95. The van der Waals surface area contributed by atoms with Gasteiger partial charge in [0.05, 0.1) is 5.92 Å². The summed E-state index contributed by atoms with van der Waals surface area (Å²) in [5.74, 6) is -0.960. The Bertz CT molecular complexity index is 858. The summed E-state index contributed by atoms with van der Waals surface area (Å²) >= 11 is 0. The van der Waals surface area contributed by atoms with Gasteiger partial charge in [-0.2, -0.15) is 0 Å². The molecule has 0 unspecified atom stereocenters. The van der Waals surface area contributed by atoms with Gasteiger partial charge in [-0.15, -0.1) is 0 Å². The van der Waals surface area contributed by atoms with Crippen LogP contribution in [0.2, 0.25) is 0 Å². The SMILES string of the molecule is O=C(NC[C@@H](CC1CCCCC1)C(=O)O)OCC1c2ccccc2-c2ccccc21. The van der Waals surface area contributed by atoms with Crippen LogP contribution in [-0.4, -0.2) is 30.3 Å². The van der Waals surface area contributed by atoms with Crippen LogP contribution in [0.15, 0.2) is 48.5 Å². The minimum atomic E-state index is -0.848. The van der Waals surface area contributed by atoms with Gasteiger partial charge in [0, 0.05) is 12.5 Å². The van der Waals surface area contributed by atoms with E-state index >= 15 is 0 Å². The van der Waals surface area contributed by atoms with Crippen LogP contribution in [0.5, 0.6) is 0 Å². The van der Waals surface area contributed by atoms with E-state index in [2.05, 4.69) is 29.6 Å². The largest absolute Gasteiger partial charge is 0.481 e. The van der Waals surface area contributed by atoms with E-state index in [1.165, 1.54) is 30.4 Å². The molecule has 1 saturated carbocycles. The van der Waals surface area contributed by atoms with E-state index < -0.39 is 18.0 Å². The summed E-state index contributed by atoms with van der Waals surface area (Å²) in [6, 6.07) is 16.4. The second-order valence-corrected chi connectivity index (χ2v) is 8.48. The summed E-state index contributed by atoms with van der Waals surface area (Å²) in [5, 5.41) is 12.2. The van der Waals surface area contributed by atoms with Crippen molar-refractivity contribution in [2.45, 2.75) is 44.4 Å². The van der Waals surface area contributed by atoms with Crippen LogP contribution in [0.4, 0.5) is 4.79 Å². The van der Waals surface area contributed by atoms with Crippen molar-refractivity contribution in [3.63, 3.8) is 0 Å². The first-order chi connectivity index (χ1) is 14.6. The summed E-state index contributed by atoms with van der Waals surface area (Å²) < 4.78 is 5.52. The van der Waals surface area contributed by atoms with E-state index in [1.807, 2.05) is 24.3 Å². The summed E-state index contributed by atoms with van der Waals surface area (Å²) in [6.07, 6.45) is 5.86. The highest BCUT2D eigenvalue weighted by molar-refractivity contribution is 5.79. The smallest absolute Gasteiger partial charge is 0.407 e. The molecule has 4 rings (SSSR count). The fraction of sp³-hybridized carbons (Fsp3) is 0.440. The van der Waals surface area contributed by atoms with Gasteiger partial charge >= 0.3 is 12.1 Å². The van der Waals surface area contributed by atoms with Crippen LogP contribution in [0, 0.1) is 11.8 Å². The Kier molecular flexibility index (Phi) is 6.36. The molecule has 1 atom stereocenters. The van der Waals surface area contributed by atoms with Crippen molar-refractivity contribution in [3.05, 3.63) is 59.7 Å². The van der Waals surface area contributed by atoms with Crippen molar-refractivity contribution in [2.75, 3.05) is 13.2 Å². The lowest BCUT2D eigenvalue weighted by Crippen LogP contribution is -2.35. The minimum Gasteiger partial charge on any atom is -0.481 e. The number of benzene rings is 2. The van der Waals surface area contributed by atoms with Gasteiger partial charge in [0.1, 0.15) is 6.61 Å². The number of fused-ring (bicyclic) bond motifs is 3. The van der Waals surface area contributed by atoms with Gasteiger partial charge in [0.2, 0.25) is 0 Å². The molecule has 0 radical (unpaired) electrons. The van der Waals surface area contributed by atoms with Gasteiger partial charge in [-0.05, 0) is 34.6 Å². The number of carboxylic acid groups (broad SMARTS) is 1. The number of carbonyl (C=O) groups is 2. The van der Waals surface area contributed by atoms with Crippen LogP contribution in [-0.2, 0) is 9.53 Å². The molecule has 2 aromatic carbocycles. The molecule has 1 fully saturated rings. The lowest BCUT2D eigenvalue weighted by atomic mass is 9.83. The molecule has 158 valence electrons. The van der Waals surface area contributed by atoms with Crippen LogP contribution in [0.25, 0.3) is 11.1 Å². The molecule has 2 aromatic rings. The third-order valence-electron chi connectivity index (χ3n) is 6.53. The lowest BCUT2D eigenvalue weighted by molar-refractivity contribution is -0.142. The van der Waals surface area contributed by atoms with Crippen LogP contribution < -0.4 is 5.32 Å². The van der Waals surface area contributed by atoms with Crippen molar-refractivity contribution in [2.24, 2.45) is 11.8 Å². The molecule has 0 saturated heterocycles. The number of amides is 1. The number of nitrogens with one attached hydrogen (secondary N) is 1. The quantitative estimate of drug-likeness (QED) is 0.662. The number of carbonyl (C=O) groups excluding carboxylic acids is 1. The van der Waals surface area contributed by atoms with Crippen LogP contribution in [0.3, 0.4) is 0 Å². The van der Waals surface area contributed by atoms with Gasteiger partial charge in [0.15, 0.2) is 0 Å². The van der Waals surface area contributed by atoms with Crippen molar-refractivity contribution in [1.82, 2.24) is 5.32 Å². The Labute approximate surface area is 177 Å². The highest BCUT2D eigenvalue weighted by Crippen LogP contribution is 2.44. The number of hydrogen-bond donors (Lipinski definition) is 2. The number of carboxylic acids is 1. The van der Waals surface area contributed by atoms with E-state index in [4.69, 9.17) is 4.74 Å². The number of alkyl carbamates (subject to hydrolysis) is 1. The average molecular weight is 408 g/mol. The maximum atomic E-state index is 12.3. The standard InChI is InChI=1S/C25H29NO4/c27-24(28)18(14-17-8-2-1-3-9-17)15-26-25(29)30-16-23-21-12-6-4-10-19(21)20-11-5-7-13-22(20)23/h4-7,10-13,17-18,23H,1-3,8-9,14-16H2,(H,26,29)(H,27,28)/t18-/m1/s1. The van der Waals surface area contributed by atoms with Crippen molar-refractivity contribution >= 4 is 12.1 Å². The molecular weight excluding hydrogens is 378 g/mol. The van der Waals surface area contributed by atoms with E-state index in [1.54, 1.807) is 0 Å². The molecular formula is C25H29NO4. The van der Waals surface area contributed by atoms with Gasteiger partial charge in [-0.3, -0.25) is 4.79 Å².